The quantitative estimate of drug-likeness (QED) is 0.588. The van der Waals surface area contributed by atoms with Gasteiger partial charge in [0.25, 0.3) is 0 Å². The van der Waals surface area contributed by atoms with Crippen LogP contribution >= 0.6 is 0 Å². The summed E-state index contributed by atoms with van der Waals surface area (Å²) in [6.07, 6.45) is -1.94. The molecule has 0 saturated heterocycles. The molecule has 1 aromatic carbocycles. The van der Waals surface area contributed by atoms with Crippen molar-refractivity contribution >= 4 is 11.6 Å². The molecule has 0 aliphatic rings. The Morgan fingerprint density at radius 3 is 2.71 bits per heavy atom. The summed E-state index contributed by atoms with van der Waals surface area (Å²) in [7, 11) is 0. The van der Waals surface area contributed by atoms with Crippen LogP contribution in [0.25, 0.3) is 11.3 Å². The van der Waals surface area contributed by atoms with Gasteiger partial charge in [0.15, 0.2) is 0 Å². The summed E-state index contributed by atoms with van der Waals surface area (Å²) in [6.45, 7) is 1.08. The lowest BCUT2D eigenvalue weighted by Gasteiger charge is -2.19. The number of anilines is 2. The van der Waals surface area contributed by atoms with Crippen LogP contribution in [0.4, 0.5) is 24.8 Å². The van der Waals surface area contributed by atoms with Crippen LogP contribution in [-0.2, 0) is 12.7 Å². The molecule has 0 bridgehead atoms. The predicted molar refractivity (Wildman–Crippen MR) is 93.5 cm³/mol. The van der Waals surface area contributed by atoms with Crippen molar-refractivity contribution in [3.63, 3.8) is 0 Å². The molecular formula is C17H17F3N6O2. The van der Waals surface area contributed by atoms with Gasteiger partial charge in [-0.15, -0.1) is 5.10 Å². The molecule has 0 fully saturated rings. The van der Waals surface area contributed by atoms with Gasteiger partial charge in [-0.1, -0.05) is 17.3 Å². The van der Waals surface area contributed by atoms with Gasteiger partial charge in [-0.2, -0.15) is 13.2 Å². The van der Waals surface area contributed by atoms with E-state index in [9.17, 15) is 18.3 Å². The number of aromatic nitrogens is 5. The third-order valence-electron chi connectivity index (χ3n) is 3.74. The van der Waals surface area contributed by atoms with Crippen LogP contribution in [0, 0.1) is 0 Å². The molecule has 0 aliphatic heterocycles. The van der Waals surface area contributed by atoms with Crippen molar-refractivity contribution in [1.82, 2.24) is 25.0 Å². The Morgan fingerprint density at radius 1 is 1.21 bits per heavy atom. The van der Waals surface area contributed by atoms with Crippen molar-refractivity contribution in [2.75, 3.05) is 11.9 Å². The van der Waals surface area contributed by atoms with Gasteiger partial charge in [0.1, 0.15) is 17.0 Å². The van der Waals surface area contributed by atoms with Gasteiger partial charge < -0.3 is 15.5 Å². The number of aliphatic hydroxyl groups excluding tert-OH is 1. The van der Waals surface area contributed by atoms with Crippen LogP contribution in [-0.4, -0.2) is 47.4 Å². The van der Waals surface area contributed by atoms with E-state index in [1.165, 1.54) is 11.6 Å². The lowest BCUT2D eigenvalue weighted by atomic mass is 10.1. The van der Waals surface area contributed by atoms with Gasteiger partial charge >= 0.3 is 6.18 Å². The van der Waals surface area contributed by atoms with E-state index in [1.54, 1.807) is 30.5 Å². The van der Waals surface area contributed by atoms with E-state index in [2.05, 4.69) is 25.6 Å². The lowest BCUT2D eigenvalue weighted by molar-refractivity contribution is -0.141. The fourth-order valence-electron chi connectivity index (χ4n) is 2.37. The van der Waals surface area contributed by atoms with Crippen LogP contribution in [0.3, 0.4) is 0 Å². The van der Waals surface area contributed by atoms with E-state index in [-0.39, 0.29) is 12.5 Å². The van der Waals surface area contributed by atoms with E-state index in [0.29, 0.717) is 16.9 Å². The highest BCUT2D eigenvalue weighted by molar-refractivity contribution is 5.66. The largest absolute Gasteiger partial charge is 0.433 e. The number of alkyl halides is 3. The van der Waals surface area contributed by atoms with Gasteiger partial charge in [-0.25, -0.2) is 14.6 Å². The van der Waals surface area contributed by atoms with E-state index < -0.39 is 24.1 Å². The third kappa shape index (κ3) is 4.81. The minimum Gasteiger partial charge on any atom is -0.393 e. The number of rotatable bonds is 6. The maximum absolute atomic E-state index is 12.8. The van der Waals surface area contributed by atoms with Crippen LogP contribution in [0.15, 0.2) is 42.7 Å². The van der Waals surface area contributed by atoms with E-state index in [4.69, 9.17) is 5.11 Å². The van der Waals surface area contributed by atoms with Gasteiger partial charge in [0, 0.05) is 17.4 Å². The topological polar surface area (TPSA) is 109 Å². The summed E-state index contributed by atoms with van der Waals surface area (Å²) < 4.78 is 39.7. The molecule has 3 N–H and O–H groups in total. The summed E-state index contributed by atoms with van der Waals surface area (Å²) in [5, 5.41) is 29.7. The standard InChI is InChI=1S/C17H17F3N6O2/c1-16(28,10-27)9-26-8-13(24-25-26)11-3-2-4-12(7-11)22-15-21-6-5-14(23-15)17(18,19)20/h2-8,27-28H,9-10H2,1H3,(H,21,22,23). The molecule has 0 spiro atoms. The normalized spacial score (nSPS) is 13.9. The first-order chi connectivity index (χ1) is 13.2. The summed E-state index contributed by atoms with van der Waals surface area (Å²) in [4.78, 5) is 7.26. The van der Waals surface area contributed by atoms with Crippen molar-refractivity contribution in [3.8, 4) is 11.3 Å². The molecule has 11 heteroatoms. The van der Waals surface area contributed by atoms with E-state index in [0.717, 1.165) is 12.3 Å². The van der Waals surface area contributed by atoms with Crippen LogP contribution in [0.1, 0.15) is 12.6 Å². The second-order valence-electron chi connectivity index (χ2n) is 6.43. The Hall–Kier alpha value is -3.05. The number of benzene rings is 1. The van der Waals surface area contributed by atoms with Gasteiger partial charge in [0.05, 0.1) is 19.3 Å². The minimum absolute atomic E-state index is 0.0481. The molecule has 8 nitrogen and oxygen atoms in total. The smallest absolute Gasteiger partial charge is 0.393 e. The fraction of sp³-hybridized carbons (Fsp3) is 0.294. The lowest BCUT2D eigenvalue weighted by Crippen LogP contribution is -2.34. The molecule has 1 atom stereocenters. The van der Waals surface area contributed by atoms with Gasteiger partial charge in [0.2, 0.25) is 5.95 Å². The molecule has 0 saturated carbocycles. The van der Waals surface area contributed by atoms with Crippen LogP contribution in [0.5, 0.6) is 0 Å². The third-order valence-corrected chi connectivity index (χ3v) is 3.74. The molecule has 0 radical (unpaired) electrons. The van der Waals surface area contributed by atoms with Crippen LogP contribution in [0.2, 0.25) is 0 Å². The summed E-state index contributed by atoms with van der Waals surface area (Å²) in [6, 6.07) is 7.53. The molecule has 28 heavy (non-hydrogen) atoms. The number of aliphatic hydroxyl groups is 2. The first-order valence-electron chi connectivity index (χ1n) is 8.17. The second-order valence-corrected chi connectivity index (χ2v) is 6.43. The Morgan fingerprint density at radius 2 is 2.00 bits per heavy atom. The van der Waals surface area contributed by atoms with Crippen molar-refractivity contribution in [1.29, 1.82) is 0 Å². The molecule has 0 amide bonds. The Balaban J connectivity index is 1.79. The summed E-state index contributed by atoms with van der Waals surface area (Å²) >= 11 is 0. The molecule has 2 heterocycles. The van der Waals surface area contributed by atoms with Crippen LogP contribution < -0.4 is 5.32 Å². The SMILES string of the molecule is CC(O)(CO)Cn1cc(-c2cccc(Nc3nccc(C(F)(F)F)n3)c2)nn1. The Kier molecular flexibility index (Phi) is 5.29. The van der Waals surface area contributed by atoms with Crippen molar-refractivity contribution in [2.24, 2.45) is 0 Å². The summed E-state index contributed by atoms with van der Waals surface area (Å²) in [5.74, 6) is -0.186. The summed E-state index contributed by atoms with van der Waals surface area (Å²) in [5.41, 5.74) is -0.780. The Labute approximate surface area is 157 Å². The van der Waals surface area contributed by atoms with Gasteiger partial charge in [-0.05, 0) is 25.1 Å². The molecule has 2 aromatic heterocycles. The first-order valence-corrected chi connectivity index (χ1v) is 8.17. The molecular weight excluding hydrogens is 377 g/mol. The van der Waals surface area contributed by atoms with E-state index in [1.807, 2.05) is 0 Å². The maximum Gasteiger partial charge on any atom is 0.433 e. The first kappa shape index (κ1) is 19.7. The number of halogens is 3. The minimum atomic E-state index is -4.56. The highest BCUT2D eigenvalue weighted by Crippen LogP contribution is 2.28. The van der Waals surface area contributed by atoms with Crippen molar-refractivity contribution in [2.45, 2.75) is 25.2 Å². The average molecular weight is 394 g/mol. The van der Waals surface area contributed by atoms with E-state index >= 15 is 0 Å². The van der Waals surface area contributed by atoms with Crippen molar-refractivity contribution < 1.29 is 23.4 Å². The highest BCUT2D eigenvalue weighted by atomic mass is 19.4. The number of hydrogen-bond acceptors (Lipinski definition) is 7. The fourth-order valence-corrected chi connectivity index (χ4v) is 2.37. The Bertz CT molecular complexity index is 958. The average Bonchev–Trinajstić information content (AvgIpc) is 3.09. The molecule has 148 valence electrons. The monoisotopic (exact) mass is 394 g/mol. The maximum atomic E-state index is 12.8. The highest BCUT2D eigenvalue weighted by Gasteiger charge is 2.32. The number of nitrogens with zero attached hydrogens (tertiary/aromatic N) is 5. The zero-order valence-corrected chi connectivity index (χ0v) is 14.7. The molecule has 0 aliphatic carbocycles. The zero-order chi connectivity index (χ0) is 20.4. The molecule has 3 aromatic rings. The predicted octanol–water partition coefficient (Wildman–Crippen LogP) is 2.24. The number of hydrogen-bond donors (Lipinski definition) is 3. The second kappa shape index (κ2) is 7.52. The molecule has 1 unspecified atom stereocenters. The zero-order valence-electron chi connectivity index (χ0n) is 14.7. The number of nitrogens with one attached hydrogen (secondary N) is 1. The van der Waals surface area contributed by atoms with Crippen molar-refractivity contribution in [3.05, 3.63) is 48.4 Å². The molecule has 3 rings (SSSR count). The van der Waals surface area contributed by atoms with Gasteiger partial charge in [-0.3, -0.25) is 0 Å².